The highest BCUT2D eigenvalue weighted by Crippen LogP contribution is 2.09. The van der Waals surface area contributed by atoms with Gasteiger partial charge >= 0.3 is 0 Å². The summed E-state index contributed by atoms with van der Waals surface area (Å²) >= 11 is 0. The van der Waals surface area contributed by atoms with Crippen molar-refractivity contribution in [3.8, 4) is 0 Å². The van der Waals surface area contributed by atoms with Gasteiger partial charge in [-0.3, -0.25) is 4.79 Å². The molecule has 0 spiro atoms. The lowest BCUT2D eigenvalue weighted by Crippen LogP contribution is -2.39. The maximum Gasteiger partial charge on any atom is 0.236 e. The Hall–Kier alpha value is -0.620. The lowest BCUT2D eigenvalue weighted by atomic mass is 10.2. The Morgan fingerprint density at radius 3 is 2.29 bits per heavy atom. The molecular formula is C11H22N2O3S. The standard InChI is InChI=1S/C11H22N2O3S/c1-17(15,16)9-6-12-10-11(14)13-7-4-2-3-5-8-13/h12H,2-10H2,1H3. The molecular weight excluding hydrogens is 240 g/mol. The highest BCUT2D eigenvalue weighted by Gasteiger charge is 2.14. The highest BCUT2D eigenvalue weighted by atomic mass is 32.2. The number of nitrogens with one attached hydrogen (secondary N) is 1. The highest BCUT2D eigenvalue weighted by molar-refractivity contribution is 7.90. The SMILES string of the molecule is CS(=O)(=O)CCNCC(=O)N1CCCCCC1. The number of hydrogen-bond acceptors (Lipinski definition) is 4. The predicted molar refractivity (Wildman–Crippen MR) is 67.6 cm³/mol. The van der Waals surface area contributed by atoms with Crippen LogP contribution in [0.25, 0.3) is 0 Å². The van der Waals surface area contributed by atoms with E-state index in [-0.39, 0.29) is 18.2 Å². The largest absolute Gasteiger partial charge is 0.342 e. The van der Waals surface area contributed by atoms with Gasteiger partial charge in [-0.15, -0.1) is 0 Å². The van der Waals surface area contributed by atoms with Crippen molar-refractivity contribution in [2.75, 3.05) is 38.2 Å². The van der Waals surface area contributed by atoms with Crippen molar-refractivity contribution >= 4 is 15.7 Å². The van der Waals surface area contributed by atoms with Gasteiger partial charge in [-0.2, -0.15) is 0 Å². The smallest absolute Gasteiger partial charge is 0.236 e. The van der Waals surface area contributed by atoms with Crippen LogP contribution in [-0.2, 0) is 14.6 Å². The minimum atomic E-state index is -2.94. The summed E-state index contributed by atoms with van der Waals surface area (Å²) in [7, 11) is -2.94. The minimum Gasteiger partial charge on any atom is -0.342 e. The van der Waals surface area contributed by atoms with Crippen LogP contribution in [0, 0.1) is 0 Å². The number of rotatable bonds is 5. The van der Waals surface area contributed by atoms with E-state index in [0.717, 1.165) is 25.9 Å². The molecule has 1 saturated heterocycles. The maximum atomic E-state index is 11.8. The van der Waals surface area contributed by atoms with E-state index >= 15 is 0 Å². The van der Waals surface area contributed by atoms with Crippen LogP contribution in [0.1, 0.15) is 25.7 Å². The van der Waals surface area contributed by atoms with Gasteiger partial charge in [0.2, 0.25) is 5.91 Å². The maximum absolute atomic E-state index is 11.8. The Morgan fingerprint density at radius 2 is 1.76 bits per heavy atom. The summed E-state index contributed by atoms with van der Waals surface area (Å²) in [4.78, 5) is 13.7. The van der Waals surface area contributed by atoms with Gasteiger partial charge < -0.3 is 10.2 Å². The van der Waals surface area contributed by atoms with E-state index < -0.39 is 9.84 Å². The Balaban J connectivity index is 2.19. The molecule has 0 aromatic carbocycles. The predicted octanol–water partition coefficient (Wildman–Crippen LogP) is 0.0232. The average Bonchev–Trinajstić information content (AvgIpc) is 2.51. The monoisotopic (exact) mass is 262 g/mol. The summed E-state index contributed by atoms with van der Waals surface area (Å²) < 4.78 is 21.8. The van der Waals surface area contributed by atoms with Crippen LogP contribution in [0.15, 0.2) is 0 Å². The van der Waals surface area contributed by atoms with Crippen molar-refractivity contribution in [3.05, 3.63) is 0 Å². The molecule has 0 radical (unpaired) electrons. The van der Waals surface area contributed by atoms with Crippen LogP contribution < -0.4 is 5.32 Å². The number of amides is 1. The van der Waals surface area contributed by atoms with Gasteiger partial charge in [0.05, 0.1) is 12.3 Å². The van der Waals surface area contributed by atoms with Crippen molar-refractivity contribution in [3.63, 3.8) is 0 Å². The van der Waals surface area contributed by atoms with Crippen molar-refractivity contribution in [1.29, 1.82) is 0 Å². The summed E-state index contributed by atoms with van der Waals surface area (Å²) in [6, 6.07) is 0. The second-order valence-corrected chi connectivity index (χ2v) is 6.86. The van der Waals surface area contributed by atoms with E-state index in [4.69, 9.17) is 0 Å². The fourth-order valence-corrected chi connectivity index (χ4v) is 2.40. The summed E-state index contributed by atoms with van der Waals surface area (Å²) in [5, 5.41) is 2.89. The molecule has 1 amide bonds. The van der Waals surface area contributed by atoms with E-state index in [9.17, 15) is 13.2 Å². The Kier molecular flexibility index (Phi) is 5.91. The molecule has 0 bridgehead atoms. The van der Waals surface area contributed by atoms with Gasteiger partial charge in [0, 0.05) is 25.9 Å². The Morgan fingerprint density at radius 1 is 1.18 bits per heavy atom. The topological polar surface area (TPSA) is 66.5 Å². The van der Waals surface area contributed by atoms with Crippen LogP contribution in [0.4, 0.5) is 0 Å². The van der Waals surface area contributed by atoms with E-state index in [1.807, 2.05) is 4.90 Å². The number of hydrogen-bond donors (Lipinski definition) is 1. The first-order valence-corrected chi connectivity index (χ1v) is 8.21. The molecule has 1 rings (SSSR count). The summed E-state index contributed by atoms with van der Waals surface area (Å²) in [5.74, 6) is 0.167. The third kappa shape index (κ3) is 6.63. The van der Waals surface area contributed by atoms with Gasteiger partial charge in [0.25, 0.3) is 0 Å². The molecule has 100 valence electrons. The molecule has 1 heterocycles. The molecule has 0 aliphatic carbocycles. The van der Waals surface area contributed by atoms with E-state index in [1.54, 1.807) is 0 Å². The van der Waals surface area contributed by atoms with Crippen molar-refractivity contribution in [1.82, 2.24) is 10.2 Å². The van der Waals surface area contributed by atoms with Crippen LogP contribution >= 0.6 is 0 Å². The lowest BCUT2D eigenvalue weighted by Gasteiger charge is -2.20. The molecule has 0 saturated carbocycles. The zero-order chi connectivity index (χ0) is 12.7. The Bertz CT molecular complexity index is 333. The molecule has 0 atom stereocenters. The van der Waals surface area contributed by atoms with Gasteiger partial charge in [-0.1, -0.05) is 12.8 Å². The van der Waals surface area contributed by atoms with E-state index in [0.29, 0.717) is 6.54 Å². The van der Waals surface area contributed by atoms with Gasteiger partial charge in [-0.25, -0.2) is 8.42 Å². The third-order valence-electron chi connectivity index (χ3n) is 2.88. The number of nitrogens with zero attached hydrogens (tertiary/aromatic N) is 1. The summed E-state index contributed by atoms with van der Waals surface area (Å²) in [6.45, 7) is 2.27. The minimum absolute atomic E-state index is 0.0836. The molecule has 0 aromatic heterocycles. The first-order valence-electron chi connectivity index (χ1n) is 6.15. The molecule has 1 N–H and O–H groups in total. The van der Waals surface area contributed by atoms with Gasteiger partial charge in [-0.05, 0) is 12.8 Å². The lowest BCUT2D eigenvalue weighted by molar-refractivity contribution is -0.130. The quantitative estimate of drug-likeness (QED) is 0.710. The first-order chi connectivity index (χ1) is 7.99. The molecule has 0 unspecified atom stereocenters. The van der Waals surface area contributed by atoms with Crippen LogP contribution in [0.3, 0.4) is 0 Å². The van der Waals surface area contributed by atoms with Crippen LogP contribution in [0.5, 0.6) is 0 Å². The van der Waals surface area contributed by atoms with Crippen LogP contribution in [0.2, 0.25) is 0 Å². The zero-order valence-corrected chi connectivity index (χ0v) is 11.3. The summed E-state index contributed by atoms with van der Waals surface area (Å²) in [5.41, 5.74) is 0. The Labute approximate surface area is 103 Å². The zero-order valence-electron chi connectivity index (χ0n) is 10.4. The number of carbonyl (C=O) groups excluding carboxylic acids is 1. The van der Waals surface area contributed by atoms with Crippen molar-refractivity contribution in [2.24, 2.45) is 0 Å². The molecule has 0 aromatic rings. The number of carbonyl (C=O) groups is 1. The molecule has 1 aliphatic rings. The summed E-state index contributed by atoms with van der Waals surface area (Å²) in [6.07, 6.45) is 5.76. The molecule has 5 nitrogen and oxygen atoms in total. The normalized spacial score (nSPS) is 17.8. The van der Waals surface area contributed by atoms with E-state index in [1.165, 1.54) is 19.1 Å². The van der Waals surface area contributed by atoms with Gasteiger partial charge in [0.1, 0.15) is 9.84 Å². The third-order valence-corrected chi connectivity index (χ3v) is 3.83. The molecule has 1 aliphatic heterocycles. The number of likely N-dealkylation sites (tertiary alicyclic amines) is 1. The number of sulfone groups is 1. The van der Waals surface area contributed by atoms with Crippen molar-refractivity contribution < 1.29 is 13.2 Å². The molecule has 6 heteroatoms. The fraction of sp³-hybridized carbons (Fsp3) is 0.909. The second-order valence-electron chi connectivity index (χ2n) is 4.60. The van der Waals surface area contributed by atoms with Gasteiger partial charge in [0.15, 0.2) is 0 Å². The first kappa shape index (κ1) is 14.4. The van der Waals surface area contributed by atoms with Crippen LogP contribution in [-0.4, -0.2) is 57.4 Å². The molecule has 17 heavy (non-hydrogen) atoms. The second kappa shape index (κ2) is 6.96. The average molecular weight is 262 g/mol. The molecule has 1 fully saturated rings. The van der Waals surface area contributed by atoms with Crippen molar-refractivity contribution in [2.45, 2.75) is 25.7 Å². The van der Waals surface area contributed by atoms with E-state index in [2.05, 4.69) is 5.32 Å². The fourth-order valence-electron chi connectivity index (χ4n) is 1.88.